The third-order valence-corrected chi connectivity index (χ3v) is 2.65. The molecule has 0 aliphatic carbocycles. The van der Waals surface area contributed by atoms with Crippen LogP contribution in [0.3, 0.4) is 0 Å². The minimum absolute atomic E-state index is 0.562. The Morgan fingerprint density at radius 3 is 2.20 bits per heavy atom. The number of hydrogen-bond acceptors (Lipinski definition) is 4. The summed E-state index contributed by atoms with van der Waals surface area (Å²) in [6, 6.07) is 7.43. The third-order valence-electron chi connectivity index (χ3n) is 2.65. The second-order valence-corrected chi connectivity index (χ2v) is 4.00. The van der Waals surface area contributed by atoms with Crippen LogP contribution in [-0.4, -0.2) is 9.97 Å². The number of hydrogen-bond donors (Lipinski definition) is 2. The predicted molar refractivity (Wildman–Crippen MR) is 86.8 cm³/mol. The van der Waals surface area contributed by atoms with E-state index in [1.165, 1.54) is 0 Å². The monoisotopic (exact) mass is 270 g/mol. The molecule has 0 saturated carbocycles. The van der Waals surface area contributed by atoms with Crippen LogP contribution in [0.5, 0.6) is 0 Å². The SMILES string of the molecule is C=C(CC)c1cnc(Nc2ccc(N)cc2)nc1.CC. The van der Waals surface area contributed by atoms with Crippen molar-refractivity contribution in [3.63, 3.8) is 0 Å². The lowest BCUT2D eigenvalue weighted by Gasteiger charge is -2.06. The second kappa shape index (κ2) is 7.94. The fourth-order valence-electron chi connectivity index (χ4n) is 1.47. The first-order valence-electron chi connectivity index (χ1n) is 6.82. The number of allylic oxidation sites excluding steroid dienone is 1. The summed E-state index contributed by atoms with van der Waals surface area (Å²) < 4.78 is 0. The molecular weight excluding hydrogens is 248 g/mol. The molecule has 0 bridgehead atoms. The Balaban J connectivity index is 0.000000956. The molecule has 0 atom stereocenters. The molecule has 2 aromatic rings. The standard InChI is InChI=1S/C14H16N4.C2H6/c1-3-10(2)11-8-16-14(17-9-11)18-13-6-4-12(15)5-7-13;1-2/h4-9H,2-3,15H2,1H3,(H,16,17,18);1-2H3. The van der Waals surface area contributed by atoms with E-state index in [0.717, 1.165) is 28.9 Å². The summed E-state index contributed by atoms with van der Waals surface area (Å²) >= 11 is 0. The van der Waals surface area contributed by atoms with Gasteiger partial charge < -0.3 is 11.1 Å². The lowest BCUT2D eigenvalue weighted by atomic mass is 10.1. The molecule has 0 aliphatic rings. The van der Waals surface area contributed by atoms with Crippen LogP contribution in [0.15, 0.2) is 43.2 Å². The molecule has 3 N–H and O–H groups in total. The van der Waals surface area contributed by atoms with Gasteiger partial charge in [0.1, 0.15) is 0 Å². The molecule has 0 saturated heterocycles. The van der Waals surface area contributed by atoms with E-state index in [9.17, 15) is 0 Å². The van der Waals surface area contributed by atoms with Crippen LogP contribution in [0.1, 0.15) is 32.8 Å². The van der Waals surface area contributed by atoms with Crippen molar-refractivity contribution in [1.29, 1.82) is 0 Å². The van der Waals surface area contributed by atoms with Crippen molar-refractivity contribution >= 4 is 22.9 Å². The van der Waals surface area contributed by atoms with E-state index in [-0.39, 0.29) is 0 Å². The Kier molecular flexibility index (Phi) is 6.23. The fraction of sp³-hybridized carbons (Fsp3) is 0.250. The predicted octanol–water partition coefficient (Wildman–Crippen LogP) is 4.25. The molecule has 0 aliphatic heterocycles. The van der Waals surface area contributed by atoms with E-state index >= 15 is 0 Å². The highest BCUT2D eigenvalue weighted by molar-refractivity contribution is 5.62. The van der Waals surface area contributed by atoms with E-state index in [1.54, 1.807) is 12.4 Å². The summed E-state index contributed by atoms with van der Waals surface area (Å²) in [6.07, 6.45) is 4.45. The van der Waals surface area contributed by atoms with Gasteiger partial charge in [0.05, 0.1) is 0 Å². The van der Waals surface area contributed by atoms with Crippen molar-refractivity contribution in [1.82, 2.24) is 9.97 Å². The molecule has 20 heavy (non-hydrogen) atoms. The molecule has 0 amide bonds. The van der Waals surface area contributed by atoms with Crippen molar-refractivity contribution in [2.45, 2.75) is 27.2 Å². The quantitative estimate of drug-likeness (QED) is 0.815. The molecule has 2 rings (SSSR count). The number of benzene rings is 1. The number of nitrogen functional groups attached to an aromatic ring is 1. The largest absolute Gasteiger partial charge is 0.399 e. The molecule has 0 fully saturated rings. The zero-order chi connectivity index (χ0) is 15.0. The maximum absolute atomic E-state index is 5.62. The Morgan fingerprint density at radius 2 is 1.70 bits per heavy atom. The van der Waals surface area contributed by atoms with Gasteiger partial charge in [0.2, 0.25) is 5.95 Å². The van der Waals surface area contributed by atoms with Crippen molar-refractivity contribution < 1.29 is 0 Å². The van der Waals surface area contributed by atoms with Crippen LogP contribution < -0.4 is 11.1 Å². The van der Waals surface area contributed by atoms with Crippen molar-refractivity contribution in [3.8, 4) is 0 Å². The van der Waals surface area contributed by atoms with Gasteiger partial charge in [-0.2, -0.15) is 0 Å². The van der Waals surface area contributed by atoms with Gasteiger partial charge in [-0.05, 0) is 36.3 Å². The zero-order valence-corrected chi connectivity index (χ0v) is 12.4. The van der Waals surface area contributed by atoms with E-state index in [1.807, 2.05) is 38.1 Å². The number of rotatable bonds is 4. The van der Waals surface area contributed by atoms with Crippen molar-refractivity contribution in [2.24, 2.45) is 0 Å². The molecule has 1 aromatic heterocycles. The van der Waals surface area contributed by atoms with Crippen LogP contribution in [0.25, 0.3) is 5.57 Å². The zero-order valence-electron chi connectivity index (χ0n) is 12.4. The van der Waals surface area contributed by atoms with Crippen LogP contribution >= 0.6 is 0 Å². The normalized spacial score (nSPS) is 9.35. The molecule has 4 heteroatoms. The minimum Gasteiger partial charge on any atom is -0.399 e. The van der Waals surface area contributed by atoms with Crippen LogP contribution in [0, 0.1) is 0 Å². The Bertz CT molecular complexity index is 529. The summed E-state index contributed by atoms with van der Waals surface area (Å²) in [6.45, 7) is 10.0. The molecule has 0 radical (unpaired) electrons. The van der Waals surface area contributed by atoms with Gasteiger partial charge in [-0.3, -0.25) is 0 Å². The topological polar surface area (TPSA) is 63.8 Å². The Labute approximate surface area is 120 Å². The molecule has 106 valence electrons. The van der Waals surface area contributed by atoms with Gasteiger partial charge >= 0.3 is 0 Å². The molecule has 4 nitrogen and oxygen atoms in total. The summed E-state index contributed by atoms with van der Waals surface area (Å²) in [4.78, 5) is 8.50. The first kappa shape index (κ1) is 15.7. The van der Waals surface area contributed by atoms with E-state index in [2.05, 4.69) is 28.8 Å². The summed E-state index contributed by atoms with van der Waals surface area (Å²) in [5.74, 6) is 0.562. The van der Waals surface area contributed by atoms with E-state index in [0.29, 0.717) is 5.95 Å². The number of nitrogens with one attached hydrogen (secondary N) is 1. The highest BCUT2D eigenvalue weighted by atomic mass is 15.1. The van der Waals surface area contributed by atoms with Crippen molar-refractivity contribution in [3.05, 3.63) is 48.8 Å². The second-order valence-electron chi connectivity index (χ2n) is 4.00. The van der Waals surface area contributed by atoms with Gasteiger partial charge in [-0.1, -0.05) is 27.4 Å². The average molecular weight is 270 g/mol. The lowest BCUT2D eigenvalue weighted by molar-refractivity contribution is 1.13. The molecule has 0 unspecified atom stereocenters. The van der Waals surface area contributed by atoms with Gasteiger partial charge in [0, 0.05) is 29.3 Å². The molecule has 0 spiro atoms. The molecule has 1 heterocycles. The molecule has 1 aromatic carbocycles. The van der Waals surface area contributed by atoms with Crippen molar-refractivity contribution in [2.75, 3.05) is 11.1 Å². The highest BCUT2D eigenvalue weighted by Crippen LogP contribution is 2.17. The maximum atomic E-state index is 5.62. The van der Waals surface area contributed by atoms with Crippen LogP contribution in [-0.2, 0) is 0 Å². The van der Waals surface area contributed by atoms with E-state index < -0.39 is 0 Å². The Morgan fingerprint density at radius 1 is 1.15 bits per heavy atom. The smallest absolute Gasteiger partial charge is 0.227 e. The summed E-state index contributed by atoms with van der Waals surface area (Å²) in [5.41, 5.74) is 9.27. The van der Waals surface area contributed by atoms with Gasteiger partial charge in [0.15, 0.2) is 0 Å². The molecular formula is C16H22N4. The van der Waals surface area contributed by atoms with E-state index in [4.69, 9.17) is 5.73 Å². The van der Waals surface area contributed by atoms with Gasteiger partial charge in [0.25, 0.3) is 0 Å². The number of nitrogens with two attached hydrogens (primary N) is 1. The highest BCUT2D eigenvalue weighted by Gasteiger charge is 2.00. The summed E-state index contributed by atoms with van der Waals surface area (Å²) in [7, 11) is 0. The number of nitrogens with zero attached hydrogens (tertiary/aromatic N) is 2. The summed E-state index contributed by atoms with van der Waals surface area (Å²) in [5, 5.41) is 3.11. The first-order chi connectivity index (χ1) is 9.69. The van der Waals surface area contributed by atoms with Crippen LogP contribution in [0.4, 0.5) is 17.3 Å². The first-order valence-corrected chi connectivity index (χ1v) is 6.82. The minimum atomic E-state index is 0.562. The lowest BCUT2D eigenvalue weighted by Crippen LogP contribution is -1.97. The van der Waals surface area contributed by atoms with Crippen LogP contribution in [0.2, 0.25) is 0 Å². The Hall–Kier alpha value is -2.36. The number of aromatic nitrogens is 2. The van der Waals surface area contributed by atoms with Gasteiger partial charge in [-0.25, -0.2) is 9.97 Å². The maximum Gasteiger partial charge on any atom is 0.227 e. The van der Waals surface area contributed by atoms with Gasteiger partial charge in [-0.15, -0.1) is 0 Å². The fourth-order valence-corrected chi connectivity index (χ4v) is 1.47. The average Bonchev–Trinajstić information content (AvgIpc) is 2.51. The number of anilines is 3. The third kappa shape index (κ3) is 4.39.